The summed E-state index contributed by atoms with van der Waals surface area (Å²) in [5.41, 5.74) is 3.09. The van der Waals surface area contributed by atoms with Gasteiger partial charge in [-0.15, -0.1) is 0 Å². The first-order valence-corrected chi connectivity index (χ1v) is 9.10. The molecule has 0 amide bonds. The molecule has 0 fully saturated rings. The smallest absolute Gasteiger partial charge is 0.330 e. The van der Waals surface area contributed by atoms with Gasteiger partial charge in [-0.3, -0.25) is 0 Å². The summed E-state index contributed by atoms with van der Waals surface area (Å²) >= 11 is 0. The Hall–Kier alpha value is -2.14. The molecule has 1 aromatic carbocycles. The topological polar surface area (TPSA) is 47.4 Å². The van der Waals surface area contributed by atoms with Gasteiger partial charge in [-0.05, 0) is 43.3 Å². The fraction of sp³-hybridized carbons (Fsp3) is 0.500. The first-order chi connectivity index (χ1) is 12.1. The van der Waals surface area contributed by atoms with E-state index in [4.69, 9.17) is 4.98 Å². The minimum Gasteiger partial charge on any atom is -0.466 e. The minimum atomic E-state index is -0.350. The van der Waals surface area contributed by atoms with Gasteiger partial charge in [0.1, 0.15) is 5.82 Å². The van der Waals surface area contributed by atoms with Crippen molar-refractivity contribution in [3.8, 4) is 0 Å². The van der Waals surface area contributed by atoms with Gasteiger partial charge < -0.3 is 14.2 Å². The van der Waals surface area contributed by atoms with E-state index in [-0.39, 0.29) is 5.97 Å². The molecule has 136 valence electrons. The number of hydrogen-bond donors (Lipinski definition) is 0. The van der Waals surface area contributed by atoms with Gasteiger partial charge in [-0.25, -0.2) is 9.78 Å². The van der Waals surface area contributed by atoms with Crippen molar-refractivity contribution in [1.29, 1.82) is 0 Å². The van der Waals surface area contributed by atoms with Gasteiger partial charge in [0.15, 0.2) is 0 Å². The van der Waals surface area contributed by atoms with E-state index in [1.807, 2.05) is 12.1 Å². The lowest BCUT2D eigenvalue weighted by molar-refractivity contribution is -0.134. The lowest BCUT2D eigenvalue weighted by Crippen LogP contribution is -2.27. The van der Waals surface area contributed by atoms with Crippen LogP contribution in [0, 0.1) is 0 Å². The van der Waals surface area contributed by atoms with E-state index >= 15 is 0 Å². The van der Waals surface area contributed by atoms with Crippen molar-refractivity contribution in [3.63, 3.8) is 0 Å². The fourth-order valence-corrected chi connectivity index (χ4v) is 2.98. The molecule has 0 N–H and O–H groups in total. The van der Waals surface area contributed by atoms with Crippen molar-refractivity contribution in [2.75, 3.05) is 26.7 Å². The van der Waals surface area contributed by atoms with Crippen LogP contribution < -0.4 is 0 Å². The van der Waals surface area contributed by atoms with Crippen LogP contribution in [0.2, 0.25) is 0 Å². The SMILES string of the molecule is CCCc1nc2cc(/C=C/C(=O)OC)ccc2n1CCN(CC)CC. The summed E-state index contributed by atoms with van der Waals surface area (Å²) in [6, 6.07) is 6.15. The molecule has 0 atom stereocenters. The highest BCUT2D eigenvalue weighted by Gasteiger charge is 2.11. The summed E-state index contributed by atoms with van der Waals surface area (Å²) in [6.45, 7) is 10.7. The van der Waals surface area contributed by atoms with Crippen molar-refractivity contribution < 1.29 is 9.53 Å². The molecule has 0 aliphatic heterocycles. The molecule has 0 unspecified atom stereocenters. The summed E-state index contributed by atoms with van der Waals surface area (Å²) in [6.07, 6.45) is 5.25. The van der Waals surface area contributed by atoms with Crippen LogP contribution >= 0.6 is 0 Å². The second kappa shape index (κ2) is 9.37. The maximum absolute atomic E-state index is 11.3. The predicted molar refractivity (Wildman–Crippen MR) is 103 cm³/mol. The number of ether oxygens (including phenoxy) is 1. The number of aromatic nitrogens is 2. The molecule has 0 spiro atoms. The summed E-state index contributed by atoms with van der Waals surface area (Å²) in [4.78, 5) is 18.5. The fourth-order valence-electron chi connectivity index (χ4n) is 2.98. The molecule has 25 heavy (non-hydrogen) atoms. The Morgan fingerprint density at radius 2 is 2.04 bits per heavy atom. The molecule has 5 nitrogen and oxygen atoms in total. The van der Waals surface area contributed by atoms with Crippen LogP contribution in [0.3, 0.4) is 0 Å². The summed E-state index contributed by atoms with van der Waals surface area (Å²) in [5.74, 6) is 0.787. The van der Waals surface area contributed by atoms with Gasteiger partial charge >= 0.3 is 5.97 Å². The van der Waals surface area contributed by atoms with Gasteiger partial charge in [0.05, 0.1) is 18.1 Å². The Labute approximate surface area is 150 Å². The zero-order chi connectivity index (χ0) is 18.2. The molecule has 0 saturated heterocycles. The Bertz CT molecular complexity index is 730. The maximum atomic E-state index is 11.3. The molecule has 0 aliphatic rings. The van der Waals surface area contributed by atoms with Crippen LogP contribution in [0.1, 0.15) is 38.6 Å². The summed E-state index contributed by atoms with van der Waals surface area (Å²) in [7, 11) is 1.38. The van der Waals surface area contributed by atoms with Gasteiger partial charge in [-0.1, -0.05) is 26.8 Å². The third kappa shape index (κ3) is 4.92. The van der Waals surface area contributed by atoms with Crippen molar-refractivity contribution >= 4 is 23.1 Å². The third-order valence-corrected chi connectivity index (χ3v) is 4.47. The zero-order valence-electron chi connectivity index (χ0n) is 15.8. The average Bonchev–Trinajstić information content (AvgIpc) is 2.97. The van der Waals surface area contributed by atoms with E-state index in [9.17, 15) is 4.79 Å². The molecule has 2 rings (SSSR count). The normalized spacial score (nSPS) is 11.7. The number of rotatable bonds is 9. The highest BCUT2D eigenvalue weighted by molar-refractivity contribution is 5.88. The Morgan fingerprint density at radius 3 is 2.68 bits per heavy atom. The van der Waals surface area contributed by atoms with E-state index in [0.29, 0.717) is 0 Å². The second-order valence-corrected chi connectivity index (χ2v) is 6.06. The first-order valence-electron chi connectivity index (χ1n) is 9.10. The molecule has 0 bridgehead atoms. The van der Waals surface area contributed by atoms with Gasteiger partial charge in [0, 0.05) is 25.6 Å². The highest BCUT2D eigenvalue weighted by atomic mass is 16.5. The lowest BCUT2D eigenvalue weighted by atomic mass is 10.2. The first kappa shape index (κ1) is 19.2. The summed E-state index contributed by atoms with van der Waals surface area (Å²) in [5, 5.41) is 0. The highest BCUT2D eigenvalue weighted by Crippen LogP contribution is 2.20. The third-order valence-electron chi connectivity index (χ3n) is 4.47. The number of carbonyl (C=O) groups excluding carboxylic acids is 1. The molecule has 2 aromatic rings. The molecular weight excluding hydrogens is 314 g/mol. The van der Waals surface area contributed by atoms with Crippen molar-refractivity contribution in [1.82, 2.24) is 14.5 Å². The quantitative estimate of drug-likeness (QED) is 0.516. The maximum Gasteiger partial charge on any atom is 0.330 e. The monoisotopic (exact) mass is 343 g/mol. The van der Waals surface area contributed by atoms with Crippen LogP contribution in [-0.4, -0.2) is 47.2 Å². The lowest BCUT2D eigenvalue weighted by Gasteiger charge is -2.19. The van der Waals surface area contributed by atoms with E-state index in [1.54, 1.807) is 6.08 Å². The van der Waals surface area contributed by atoms with Crippen molar-refractivity contribution in [3.05, 3.63) is 35.7 Å². The number of hydrogen-bond acceptors (Lipinski definition) is 4. The molecule has 5 heteroatoms. The number of aryl methyl sites for hydroxylation is 1. The van der Waals surface area contributed by atoms with E-state index < -0.39 is 0 Å². The summed E-state index contributed by atoms with van der Waals surface area (Å²) < 4.78 is 6.98. The molecule has 0 saturated carbocycles. The molecule has 0 aliphatic carbocycles. The van der Waals surface area contributed by atoms with Crippen LogP contribution in [0.15, 0.2) is 24.3 Å². The van der Waals surface area contributed by atoms with Crippen molar-refractivity contribution in [2.45, 2.75) is 40.2 Å². The molecule has 0 radical (unpaired) electrons. The predicted octanol–water partition coefficient (Wildman–Crippen LogP) is 3.52. The zero-order valence-corrected chi connectivity index (χ0v) is 15.8. The molecule has 1 heterocycles. The number of nitrogens with zero attached hydrogens (tertiary/aromatic N) is 3. The van der Waals surface area contributed by atoms with Gasteiger partial charge in [-0.2, -0.15) is 0 Å². The van der Waals surface area contributed by atoms with Crippen LogP contribution in [0.25, 0.3) is 17.1 Å². The van der Waals surface area contributed by atoms with Crippen LogP contribution in [0.4, 0.5) is 0 Å². The Balaban J connectivity index is 2.31. The van der Waals surface area contributed by atoms with Crippen LogP contribution in [0.5, 0.6) is 0 Å². The number of esters is 1. The average molecular weight is 343 g/mol. The number of benzene rings is 1. The molecule has 1 aromatic heterocycles. The Morgan fingerprint density at radius 1 is 1.28 bits per heavy atom. The number of carbonyl (C=O) groups is 1. The van der Waals surface area contributed by atoms with E-state index in [0.717, 1.165) is 61.4 Å². The number of fused-ring (bicyclic) bond motifs is 1. The minimum absolute atomic E-state index is 0.350. The second-order valence-electron chi connectivity index (χ2n) is 6.06. The number of likely N-dealkylation sites (N-methyl/N-ethyl adjacent to an activating group) is 1. The van der Waals surface area contributed by atoms with E-state index in [2.05, 4.69) is 41.0 Å². The van der Waals surface area contributed by atoms with Gasteiger partial charge in [0.2, 0.25) is 0 Å². The standard InChI is InChI=1S/C20H29N3O2/c1-5-8-19-21-17-15-16(10-12-20(24)25-4)9-11-18(17)23(19)14-13-22(6-2)7-3/h9-12,15H,5-8,13-14H2,1-4H3/b12-10+. The number of imidazole rings is 1. The van der Waals surface area contributed by atoms with Crippen molar-refractivity contribution in [2.24, 2.45) is 0 Å². The number of methoxy groups -OCH3 is 1. The van der Waals surface area contributed by atoms with Gasteiger partial charge in [0.25, 0.3) is 0 Å². The molecular formula is C20H29N3O2. The Kier molecular flexibility index (Phi) is 7.19. The van der Waals surface area contributed by atoms with E-state index in [1.165, 1.54) is 13.2 Å². The largest absolute Gasteiger partial charge is 0.466 e. The van der Waals surface area contributed by atoms with Crippen LogP contribution in [-0.2, 0) is 22.5 Å².